The van der Waals surface area contributed by atoms with Crippen molar-refractivity contribution >= 4 is 12.8 Å². The van der Waals surface area contributed by atoms with Crippen molar-refractivity contribution in [3.63, 3.8) is 0 Å². The predicted molar refractivity (Wildman–Crippen MR) is 62.0 cm³/mol. The van der Waals surface area contributed by atoms with Crippen molar-refractivity contribution in [1.29, 1.82) is 0 Å². The van der Waals surface area contributed by atoms with Gasteiger partial charge in [0.25, 0.3) is 0 Å². The van der Waals surface area contributed by atoms with Crippen molar-refractivity contribution in [2.75, 3.05) is 13.1 Å². The summed E-state index contributed by atoms with van der Waals surface area (Å²) in [5, 5.41) is 0. The third kappa shape index (κ3) is 3.17. The summed E-state index contributed by atoms with van der Waals surface area (Å²) in [5.41, 5.74) is 0.669. The minimum atomic E-state index is 0.669. The second-order valence-corrected chi connectivity index (χ2v) is 5.02. The lowest BCUT2D eigenvalue weighted by atomic mass is 9.72. The molecule has 0 spiro atoms. The fourth-order valence-corrected chi connectivity index (χ4v) is 2.85. The third-order valence-corrected chi connectivity index (χ3v) is 3.76. The van der Waals surface area contributed by atoms with Gasteiger partial charge in [0.15, 0.2) is 0 Å². The van der Waals surface area contributed by atoms with Crippen LogP contribution >= 0.6 is 12.8 Å². The van der Waals surface area contributed by atoms with Gasteiger partial charge in [0.2, 0.25) is 0 Å². The van der Waals surface area contributed by atoms with Crippen molar-refractivity contribution in [1.82, 2.24) is 4.31 Å². The summed E-state index contributed by atoms with van der Waals surface area (Å²) in [4.78, 5) is 0. The van der Waals surface area contributed by atoms with Crippen molar-refractivity contribution in [2.45, 2.75) is 52.4 Å². The molecule has 78 valence electrons. The van der Waals surface area contributed by atoms with Gasteiger partial charge in [-0.05, 0) is 31.1 Å². The summed E-state index contributed by atoms with van der Waals surface area (Å²) in [6, 6.07) is 0. The molecule has 1 fully saturated rings. The third-order valence-electron chi connectivity index (χ3n) is 3.36. The van der Waals surface area contributed by atoms with E-state index < -0.39 is 0 Å². The smallest absolute Gasteiger partial charge is 0.00922 e. The van der Waals surface area contributed by atoms with E-state index in [4.69, 9.17) is 0 Å². The average Bonchev–Trinajstić information content (AvgIpc) is 2.11. The van der Waals surface area contributed by atoms with E-state index in [1.165, 1.54) is 51.6 Å². The molecule has 0 atom stereocenters. The molecule has 1 rings (SSSR count). The van der Waals surface area contributed by atoms with Gasteiger partial charge >= 0.3 is 0 Å². The van der Waals surface area contributed by atoms with Gasteiger partial charge in [0, 0.05) is 13.1 Å². The Morgan fingerprint density at radius 2 is 1.54 bits per heavy atom. The van der Waals surface area contributed by atoms with Gasteiger partial charge < -0.3 is 0 Å². The molecule has 1 heterocycles. The number of hydrogen-bond acceptors (Lipinski definition) is 2. The lowest BCUT2D eigenvalue weighted by molar-refractivity contribution is 0.133. The second-order valence-electron chi connectivity index (χ2n) is 4.45. The predicted octanol–water partition coefficient (Wildman–Crippen LogP) is 3.51. The quantitative estimate of drug-likeness (QED) is 0.681. The van der Waals surface area contributed by atoms with Crippen molar-refractivity contribution in [2.24, 2.45) is 5.41 Å². The SMILES string of the molecule is CCCC1(CCC)CCN(S)CC1. The first-order valence-electron chi connectivity index (χ1n) is 5.66. The fraction of sp³-hybridized carbons (Fsp3) is 1.00. The van der Waals surface area contributed by atoms with Crippen LogP contribution in [0.1, 0.15) is 52.4 Å². The van der Waals surface area contributed by atoms with Gasteiger partial charge in [0.05, 0.1) is 0 Å². The van der Waals surface area contributed by atoms with Crippen LogP contribution in [0.5, 0.6) is 0 Å². The highest BCUT2D eigenvalue weighted by atomic mass is 32.1. The first-order chi connectivity index (χ1) is 6.22. The Morgan fingerprint density at radius 1 is 1.08 bits per heavy atom. The van der Waals surface area contributed by atoms with Crippen LogP contribution in [-0.4, -0.2) is 17.4 Å². The van der Waals surface area contributed by atoms with Gasteiger partial charge in [-0.15, -0.1) is 0 Å². The highest BCUT2D eigenvalue weighted by Crippen LogP contribution is 2.40. The summed E-state index contributed by atoms with van der Waals surface area (Å²) in [6.07, 6.45) is 8.24. The monoisotopic (exact) mass is 201 g/mol. The zero-order chi connectivity index (χ0) is 9.73. The molecule has 0 amide bonds. The largest absolute Gasteiger partial charge is 0.253 e. The molecule has 0 bridgehead atoms. The number of nitrogens with zero attached hydrogens (tertiary/aromatic N) is 1. The lowest BCUT2D eigenvalue weighted by Crippen LogP contribution is -2.35. The maximum absolute atomic E-state index is 4.41. The molecule has 1 nitrogen and oxygen atoms in total. The zero-order valence-electron chi connectivity index (χ0n) is 9.05. The molecule has 0 aromatic rings. The number of thiol groups is 1. The highest BCUT2D eigenvalue weighted by Gasteiger charge is 2.31. The molecule has 1 aliphatic rings. The Kier molecular flexibility index (Phi) is 4.60. The second kappa shape index (κ2) is 5.26. The van der Waals surface area contributed by atoms with Crippen LogP contribution in [0, 0.1) is 5.41 Å². The summed E-state index contributed by atoms with van der Waals surface area (Å²) >= 11 is 4.41. The Labute approximate surface area is 88.4 Å². The van der Waals surface area contributed by atoms with E-state index in [9.17, 15) is 0 Å². The molecule has 2 heteroatoms. The van der Waals surface area contributed by atoms with E-state index in [1.54, 1.807) is 0 Å². The van der Waals surface area contributed by atoms with Crippen LogP contribution in [0.4, 0.5) is 0 Å². The standard InChI is InChI=1S/C11H23NS/c1-3-5-11(6-4-2)7-9-12(13)10-8-11/h13H,3-10H2,1-2H3. The van der Waals surface area contributed by atoms with Crippen molar-refractivity contribution < 1.29 is 0 Å². The highest BCUT2D eigenvalue weighted by molar-refractivity contribution is 7.77. The minimum absolute atomic E-state index is 0.669. The summed E-state index contributed by atoms with van der Waals surface area (Å²) in [5.74, 6) is 0. The van der Waals surface area contributed by atoms with Gasteiger partial charge in [-0.1, -0.05) is 39.5 Å². The first kappa shape index (κ1) is 11.4. The van der Waals surface area contributed by atoms with E-state index in [0.717, 1.165) is 0 Å². The normalized spacial score (nSPS) is 23.3. The molecule has 0 saturated carbocycles. The summed E-state index contributed by atoms with van der Waals surface area (Å²) in [7, 11) is 0. The Morgan fingerprint density at radius 3 is 1.92 bits per heavy atom. The lowest BCUT2D eigenvalue weighted by Gasteiger charge is -2.40. The van der Waals surface area contributed by atoms with Gasteiger partial charge in [-0.25, -0.2) is 0 Å². The van der Waals surface area contributed by atoms with Crippen molar-refractivity contribution in [3.05, 3.63) is 0 Å². The van der Waals surface area contributed by atoms with E-state index in [1.807, 2.05) is 0 Å². The van der Waals surface area contributed by atoms with Crippen LogP contribution < -0.4 is 0 Å². The minimum Gasteiger partial charge on any atom is -0.253 e. The summed E-state index contributed by atoms with van der Waals surface area (Å²) < 4.78 is 2.17. The molecular weight excluding hydrogens is 178 g/mol. The molecule has 1 saturated heterocycles. The summed E-state index contributed by atoms with van der Waals surface area (Å²) in [6.45, 7) is 6.99. The molecule has 1 aliphatic heterocycles. The maximum Gasteiger partial charge on any atom is 0.00922 e. The molecular formula is C11H23NS. The maximum atomic E-state index is 4.41. The van der Waals surface area contributed by atoms with Crippen LogP contribution in [0.25, 0.3) is 0 Å². The molecule has 0 N–H and O–H groups in total. The van der Waals surface area contributed by atoms with Gasteiger partial charge in [-0.2, -0.15) is 0 Å². The Hall–Kier alpha value is 0.310. The molecule has 0 aliphatic carbocycles. The molecule has 0 aromatic heterocycles. The van der Waals surface area contributed by atoms with E-state index >= 15 is 0 Å². The Balaban J connectivity index is 2.47. The van der Waals surface area contributed by atoms with Crippen LogP contribution in [0.2, 0.25) is 0 Å². The molecule has 0 unspecified atom stereocenters. The number of piperidine rings is 1. The number of rotatable bonds is 4. The fourth-order valence-electron chi connectivity index (χ4n) is 2.65. The Bertz CT molecular complexity index is 131. The van der Waals surface area contributed by atoms with E-state index in [2.05, 4.69) is 31.0 Å². The molecule has 13 heavy (non-hydrogen) atoms. The van der Waals surface area contributed by atoms with E-state index in [-0.39, 0.29) is 0 Å². The van der Waals surface area contributed by atoms with Crippen LogP contribution in [-0.2, 0) is 0 Å². The van der Waals surface area contributed by atoms with Gasteiger partial charge in [-0.3, -0.25) is 4.31 Å². The average molecular weight is 201 g/mol. The zero-order valence-corrected chi connectivity index (χ0v) is 9.95. The number of hydrogen-bond donors (Lipinski definition) is 1. The van der Waals surface area contributed by atoms with Crippen LogP contribution in [0.3, 0.4) is 0 Å². The van der Waals surface area contributed by atoms with E-state index in [0.29, 0.717) is 5.41 Å². The van der Waals surface area contributed by atoms with Gasteiger partial charge in [0.1, 0.15) is 0 Å². The molecule has 0 aromatic carbocycles. The topological polar surface area (TPSA) is 3.24 Å². The van der Waals surface area contributed by atoms with Crippen LogP contribution in [0.15, 0.2) is 0 Å². The first-order valence-corrected chi connectivity index (χ1v) is 6.06. The molecule has 0 radical (unpaired) electrons. The van der Waals surface area contributed by atoms with Crippen molar-refractivity contribution in [3.8, 4) is 0 Å².